The number of hydrogen-bond acceptors (Lipinski definition) is 11. The van der Waals surface area contributed by atoms with Gasteiger partial charge in [-0.3, -0.25) is 0 Å². The molecule has 0 unspecified atom stereocenters. The molecular weight excluding hydrogens is 476 g/mol. The highest BCUT2D eigenvalue weighted by Gasteiger charge is 2.45. The van der Waals surface area contributed by atoms with E-state index in [2.05, 4.69) is 0 Å². The normalized spacial score (nSPS) is 24.9. The fourth-order valence-electron chi connectivity index (χ4n) is 4.24. The molecule has 36 heavy (non-hydrogen) atoms. The van der Waals surface area contributed by atoms with Crippen LogP contribution in [-0.4, -0.2) is 98.5 Å². The molecule has 0 amide bonds. The van der Waals surface area contributed by atoms with Crippen molar-refractivity contribution >= 4 is 0 Å². The van der Waals surface area contributed by atoms with E-state index in [4.69, 9.17) is 14.2 Å². The third kappa shape index (κ3) is 6.19. The van der Waals surface area contributed by atoms with Crippen molar-refractivity contribution in [1.29, 1.82) is 0 Å². The van der Waals surface area contributed by atoms with Crippen LogP contribution in [0.2, 0.25) is 0 Å². The van der Waals surface area contributed by atoms with Crippen LogP contribution in [0.25, 0.3) is 0 Å². The Morgan fingerprint density at radius 2 is 1.67 bits per heavy atom. The highest BCUT2D eigenvalue weighted by atomic mass is 16.7. The molecule has 11 nitrogen and oxygen atoms in total. The summed E-state index contributed by atoms with van der Waals surface area (Å²) in [5, 5.41) is 80.3. The molecule has 2 aromatic rings. The molecule has 8 N–H and O–H groups in total. The maximum absolute atomic E-state index is 10.8. The van der Waals surface area contributed by atoms with Crippen molar-refractivity contribution in [3.63, 3.8) is 0 Å². The van der Waals surface area contributed by atoms with E-state index in [0.29, 0.717) is 29.5 Å². The number of ether oxygens (including phenoxy) is 3. The average molecular weight is 511 g/mol. The summed E-state index contributed by atoms with van der Waals surface area (Å²) in [6, 6.07) is 7.87. The smallest absolute Gasteiger partial charge is 0.229 e. The Labute approximate surface area is 208 Å². The molecule has 0 bridgehead atoms. The number of aryl methyl sites for hydroxylation is 1. The summed E-state index contributed by atoms with van der Waals surface area (Å²) in [5.41, 5.74) is 1.75. The Kier molecular flexibility index (Phi) is 9.74. The number of phenolic OH excluding ortho intramolecular Hbond substituents is 2. The largest absolute Gasteiger partial charge is 0.504 e. The molecular formula is C25H34O11. The molecule has 1 aliphatic heterocycles. The number of hydrogen-bond donors (Lipinski definition) is 8. The van der Waals surface area contributed by atoms with Crippen LogP contribution in [0.15, 0.2) is 30.3 Å². The highest BCUT2D eigenvalue weighted by molar-refractivity contribution is 5.51. The Balaban J connectivity index is 1.99. The highest BCUT2D eigenvalue weighted by Crippen LogP contribution is 2.40. The summed E-state index contributed by atoms with van der Waals surface area (Å²) in [7, 11) is 1.41. The molecule has 3 rings (SSSR count). The zero-order chi connectivity index (χ0) is 26.4. The molecule has 1 saturated heterocycles. The van der Waals surface area contributed by atoms with Crippen molar-refractivity contribution in [2.45, 2.75) is 55.9 Å². The van der Waals surface area contributed by atoms with Crippen LogP contribution in [0.4, 0.5) is 0 Å². The van der Waals surface area contributed by atoms with Crippen molar-refractivity contribution in [3.05, 3.63) is 47.0 Å². The van der Waals surface area contributed by atoms with Gasteiger partial charge in [0.2, 0.25) is 6.29 Å². The summed E-state index contributed by atoms with van der Waals surface area (Å²) in [6.07, 6.45) is -6.57. The van der Waals surface area contributed by atoms with Gasteiger partial charge >= 0.3 is 0 Å². The monoisotopic (exact) mass is 510 g/mol. The van der Waals surface area contributed by atoms with E-state index in [9.17, 15) is 40.9 Å². The second-order valence-electron chi connectivity index (χ2n) is 8.77. The number of aromatic hydroxyl groups is 2. The van der Waals surface area contributed by atoms with E-state index in [0.717, 1.165) is 0 Å². The number of benzene rings is 2. The Morgan fingerprint density at radius 3 is 2.31 bits per heavy atom. The van der Waals surface area contributed by atoms with Gasteiger partial charge in [0.25, 0.3) is 0 Å². The molecule has 0 radical (unpaired) electrons. The van der Waals surface area contributed by atoms with Gasteiger partial charge in [0, 0.05) is 18.1 Å². The third-order valence-electron chi connectivity index (χ3n) is 6.25. The van der Waals surface area contributed by atoms with Crippen molar-refractivity contribution < 1.29 is 55.1 Å². The quantitative estimate of drug-likeness (QED) is 0.195. The molecule has 0 aliphatic carbocycles. The standard InChI is InChI=1S/C25H34O11/c1-34-19-10-14(4-5-17(19)29)7-15(11-27)16-8-13(3-2-6-26)9-18(30)24(16)36-25-23(33)22(32)21(31)20(12-28)35-25/h4-5,8-10,15,20-23,25-33H,2-3,6-7,11-12H2,1H3/t15-,20+,21+,22-,23+,25-/m0/s1. The minimum Gasteiger partial charge on any atom is -0.504 e. The number of methoxy groups -OCH3 is 1. The van der Waals surface area contributed by atoms with E-state index in [1.54, 1.807) is 18.2 Å². The predicted octanol–water partition coefficient (Wildman–Crippen LogP) is -0.471. The fraction of sp³-hybridized carbons (Fsp3) is 0.520. The Hall–Kier alpha value is -2.64. The summed E-state index contributed by atoms with van der Waals surface area (Å²) >= 11 is 0. The lowest BCUT2D eigenvalue weighted by atomic mass is 9.89. The molecule has 6 atom stereocenters. The second kappa shape index (κ2) is 12.5. The van der Waals surface area contributed by atoms with Gasteiger partial charge < -0.3 is 55.1 Å². The van der Waals surface area contributed by atoms with E-state index >= 15 is 0 Å². The van der Waals surface area contributed by atoms with Crippen LogP contribution in [0.1, 0.15) is 29.0 Å². The number of rotatable bonds is 11. The summed E-state index contributed by atoms with van der Waals surface area (Å²) in [4.78, 5) is 0. The van der Waals surface area contributed by atoms with Crippen LogP contribution < -0.4 is 9.47 Å². The maximum Gasteiger partial charge on any atom is 0.229 e. The lowest BCUT2D eigenvalue weighted by molar-refractivity contribution is -0.277. The zero-order valence-corrected chi connectivity index (χ0v) is 19.9. The third-order valence-corrected chi connectivity index (χ3v) is 6.25. The van der Waals surface area contributed by atoms with Crippen molar-refractivity contribution in [2.75, 3.05) is 26.9 Å². The van der Waals surface area contributed by atoms with Gasteiger partial charge in [0.1, 0.15) is 24.4 Å². The van der Waals surface area contributed by atoms with Crippen LogP contribution in [-0.2, 0) is 17.6 Å². The van der Waals surface area contributed by atoms with Crippen LogP contribution >= 0.6 is 0 Å². The molecule has 2 aromatic carbocycles. The molecule has 0 aromatic heterocycles. The molecule has 0 saturated carbocycles. The first-order chi connectivity index (χ1) is 17.2. The van der Waals surface area contributed by atoms with E-state index in [-0.39, 0.29) is 42.6 Å². The molecule has 1 aliphatic rings. The first-order valence-corrected chi connectivity index (χ1v) is 11.6. The van der Waals surface area contributed by atoms with Gasteiger partial charge in [-0.25, -0.2) is 0 Å². The summed E-state index contributed by atoms with van der Waals surface area (Å²) < 4.78 is 16.4. The van der Waals surface area contributed by atoms with Crippen molar-refractivity contribution in [2.24, 2.45) is 0 Å². The molecule has 0 spiro atoms. The van der Waals surface area contributed by atoms with Gasteiger partial charge in [-0.2, -0.15) is 0 Å². The topological polar surface area (TPSA) is 190 Å². The molecule has 200 valence electrons. The van der Waals surface area contributed by atoms with Gasteiger partial charge in [-0.15, -0.1) is 0 Å². The van der Waals surface area contributed by atoms with E-state index < -0.39 is 43.2 Å². The molecule has 1 heterocycles. The number of aliphatic hydroxyl groups excluding tert-OH is 6. The van der Waals surface area contributed by atoms with Gasteiger partial charge in [-0.05, 0) is 48.6 Å². The molecule has 1 fully saturated rings. The first-order valence-electron chi connectivity index (χ1n) is 11.6. The van der Waals surface area contributed by atoms with Crippen LogP contribution in [0.5, 0.6) is 23.0 Å². The van der Waals surface area contributed by atoms with Gasteiger partial charge in [0.15, 0.2) is 23.0 Å². The SMILES string of the molecule is COc1cc(C[C@@H](CO)c2cc(CCCO)cc(O)c2O[C@@H]2O[C@H](CO)[C@@H](O)[C@H](O)[C@H]2O)ccc1O. The maximum atomic E-state index is 10.8. The van der Waals surface area contributed by atoms with E-state index in [1.807, 2.05) is 0 Å². The average Bonchev–Trinajstić information content (AvgIpc) is 2.88. The lowest BCUT2D eigenvalue weighted by Gasteiger charge is -2.40. The minimum absolute atomic E-state index is 0.0444. The van der Waals surface area contributed by atoms with Gasteiger partial charge in [0.05, 0.1) is 20.3 Å². The zero-order valence-electron chi connectivity index (χ0n) is 19.9. The van der Waals surface area contributed by atoms with Crippen LogP contribution in [0.3, 0.4) is 0 Å². The Morgan fingerprint density at radius 1 is 0.917 bits per heavy atom. The van der Waals surface area contributed by atoms with Crippen LogP contribution in [0, 0.1) is 0 Å². The predicted molar refractivity (Wildman–Crippen MR) is 126 cm³/mol. The minimum atomic E-state index is -1.70. The number of aliphatic hydroxyl groups is 6. The van der Waals surface area contributed by atoms with E-state index in [1.165, 1.54) is 19.2 Å². The Bertz CT molecular complexity index is 996. The second-order valence-corrected chi connectivity index (χ2v) is 8.77. The van der Waals surface area contributed by atoms with Crippen molar-refractivity contribution in [1.82, 2.24) is 0 Å². The first kappa shape index (κ1) is 27.9. The molecule has 11 heteroatoms. The fourth-order valence-corrected chi connectivity index (χ4v) is 4.24. The number of phenols is 2. The van der Waals surface area contributed by atoms with Gasteiger partial charge in [-0.1, -0.05) is 12.1 Å². The lowest BCUT2D eigenvalue weighted by Crippen LogP contribution is -2.60. The van der Waals surface area contributed by atoms with Crippen molar-refractivity contribution in [3.8, 4) is 23.0 Å². The summed E-state index contributed by atoms with van der Waals surface area (Å²) in [5.74, 6) is -0.853. The summed E-state index contributed by atoms with van der Waals surface area (Å²) in [6.45, 7) is -1.07.